The number of aromatic nitrogens is 3. The first kappa shape index (κ1) is 16.5. The monoisotopic (exact) mass is 380 g/mol. The second-order valence-electron chi connectivity index (χ2n) is 6.56. The molecule has 3 aromatic heterocycles. The molecular weight excluding hydrogens is 360 g/mol. The SMILES string of the molecule is CCc1cnc(-c2cc3[nH]nc(-c4ccc(N5CCOCC5)cc4)c3s2)o1. The van der Waals surface area contributed by atoms with Gasteiger partial charge in [0, 0.05) is 30.8 Å². The number of rotatable bonds is 4. The molecule has 1 aliphatic rings. The maximum atomic E-state index is 5.80. The number of ether oxygens (including phenoxy) is 1. The first-order valence-corrected chi connectivity index (χ1v) is 9.99. The third-order valence-corrected chi connectivity index (χ3v) is 5.99. The van der Waals surface area contributed by atoms with Crippen LogP contribution < -0.4 is 4.90 Å². The molecule has 1 fully saturated rings. The molecule has 0 amide bonds. The van der Waals surface area contributed by atoms with Crippen LogP contribution in [0.3, 0.4) is 0 Å². The van der Waals surface area contributed by atoms with Gasteiger partial charge in [0.25, 0.3) is 0 Å². The molecule has 1 aromatic carbocycles. The van der Waals surface area contributed by atoms with Crippen molar-refractivity contribution in [3.05, 3.63) is 42.3 Å². The number of oxazole rings is 1. The molecular formula is C20H20N4O2S. The zero-order valence-corrected chi connectivity index (χ0v) is 15.9. The van der Waals surface area contributed by atoms with E-state index in [-0.39, 0.29) is 0 Å². The summed E-state index contributed by atoms with van der Waals surface area (Å²) < 4.78 is 12.4. The predicted molar refractivity (Wildman–Crippen MR) is 107 cm³/mol. The molecule has 4 aromatic rings. The Hall–Kier alpha value is -2.64. The summed E-state index contributed by atoms with van der Waals surface area (Å²) in [7, 11) is 0. The van der Waals surface area contributed by atoms with Crippen molar-refractivity contribution in [3.63, 3.8) is 0 Å². The van der Waals surface area contributed by atoms with E-state index in [4.69, 9.17) is 9.15 Å². The molecule has 0 radical (unpaired) electrons. The molecule has 1 saturated heterocycles. The van der Waals surface area contributed by atoms with Gasteiger partial charge in [-0.2, -0.15) is 5.10 Å². The molecule has 0 atom stereocenters. The third-order valence-electron chi connectivity index (χ3n) is 4.87. The molecule has 0 spiro atoms. The number of aromatic amines is 1. The maximum Gasteiger partial charge on any atom is 0.236 e. The van der Waals surface area contributed by atoms with Gasteiger partial charge in [-0.05, 0) is 18.2 Å². The Morgan fingerprint density at radius 3 is 2.74 bits per heavy atom. The molecule has 27 heavy (non-hydrogen) atoms. The molecule has 4 heterocycles. The molecule has 5 rings (SSSR count). The van der Waals surface area contributed by atoms with E-state index in [2.05, 4.69) is 57.3 Å². The Bertz CT molecular complexity index is 1060. The summed E-state index contributed by atoms with van der Waals surface area (Å²) >= 11 is 1.66. The van der Waals surface area contributed by atoms with E-state index in [0.29, 0.717) is 5.89 Å². The van der Waals surface area contributed by atoms with Crippen LogP contribution >= 0.6 is 11.3 Å². The van der Waals surface area contributed by atoms with E-state index in [1.165, 1.54) is 5.69 Å². The lowest BCUT2D eigenvalue weighted by Crippen LogP contribution is -2.36. The Balaban J connectivity index is 1.46. The summed E-state index contributed by atoms with van der Waals surface area (Å²) in [5.41, 5.74) is 4.32. The molecule has 7 heteroatoms. The van der Waals surface area contributed by atoms with Crippen molar-refractivity contribution < 1.29 is 9.15 Å². The van der Waals surface area contributed by atoms with Gasteiger partial charge in [-0.1, -0.05) is 19.1 Å². The van der Waals surface area contributed by atoms with E-state index >= 15 is 0 Å². The van der Waals surface area contributed by atoms with E-state index < -0.39 is 0 Å². The minimum atomic E-state index is 0.676. The summed E-state index contributed by atoms with van der Waals surface area (Å²) in [5, 5.41) is 7.66. The fraction of sp³-hybridized carbons (Fsp3) is 0.300. The van der Waals surface area contributed by atoms with Crippen molar-refractivity contribution in [2.45, 2.75) is 13.3 Å². The smallest absolute Gasteiger partial charge is 0.236 e. The standard InChI is InChI=1S/C20H20N4O2S/c1-2-15-12-21-20(26-15)17-11-16-19(27-17)18(23-22-16)13-3-5-14(6-4-13)24-7-9-25-10-8-24/h3-6,11-12H,2,7-10H2,1H3,(H,22,23). The van der Waals surface area contributed by atoms with E-state index in [1.807, 2.05) is 0 Å². The largest absolute Gasteiger partial charge is 0.440 e. The number of aryl methyl sites for hydroxylation is 1. The zero-order chi connectivity index (χ0) is 18.2. The number of hydrogen-bond donors (Lipinski definition) is 1. The molecule has 1 N–H and O–H groups in total. The van der Waals surface area contributed by atoms with Crippen molar-refractivity contribution in [3.8, 4) is 22.0 Å². The first-order chi connectivity index (χ1) is 13.3. The number of thiophene rings is 1. The number of morpholine rings is 1. The minimum absolute atomic E-state index is 0.676. The van der Waals surface area contributed by atoms with Gasteiger partial charge >= 0.3 is 0 Å². The van der Waals surface area contributed by atoms with Crippen LogP contribution in [0.4, 0.5) is 5.69 Å². The number of anilines is 1. The lowest BCUT2D eigenvalue weighted by atomic mass is 10.1. The summed E-state index contributed by atoms with van der Waals surface area (Å²) in [6.45, 7) is 5.53. The zero-order valence-electron chi connectivity index (χ0n) is 15.1. The number of nitrogens with one attached hydrogen (secondary N) is 1. The highest BCUT2D eigenvalue weighted by Crippen LogP contribution is 2.38. The van der Waals surface area contributed by atoms with Crippen molar-refractivity contribution in [1.82, 2.24) is 15.2 Å². The van der Waals surface area contributed by atoms with Crippen molar-refractivity contribution in [1.29, 1.82) is 0 Å². The second-order valence-corrected chi connectivity index (χ2v) is 7.61. The third kappa shape index (κ3) is 3.02. The maximum absolute atomic E-state index is 5.80. The highest BCUT2D eigenvalue weighted by molar-refractivity contribution is 7.22. The van der Waals surface area contributed by atoms with Gasteiger partial charge in [-0.3, -0.25) is 5.10 Å². The highest BCUT2D eigenvalue weighted by Gasteiger charge is 2.17. The fourth-order valence-corrected chi connectivity index (χ4v) is 4.41. The molecule has 0 saturated carbocycles. The lowest BCUT2D eigenvalue weighted by molar-refractivity contribution is 0.122. The Kier molecular flexibility index (Phi) is 4.18. The van der Waals surface area contributed by atoms with E-state index in [0.717, 1.165) is 64.8 Å². The average Bonchev–Trinajstić information content (AvgIpc) is 3.44. The van der Waals surface area contributed by atoms with E-state index in [9.17, 15) is 0 Å². The minimum Gasteiger partial charge on any atom is -0.440 e. The normalized spacial score (nSPS) is 14.9. The summed E-state index contributed by atoms with van der Waals surface area (Å²) in [6, 6.07) is 10.7. The Morgan fingerprint density at radius 2 is 2.00 bits per heavy atom. The summed E-state index contributed by atoms with van der Waals surface area (Å²) in [4.78, 5) is 7.76. The predicted octanol–water partition coefficient (Wildman–Crippen LogP) is 4.35. The average molecular weight is 380 g/mol. The molecule has 0 bridgehead atoms. The van der Waals surface area contributed by atoms with Crippen LogP contribution in [0.2, 0.25) is 0 Å². The first-order valence-electron chi connectivity index (χ1n) is 9.18. The van der Waals surface area contributed by atoms with Gasteiger partial charge in [0.15, 0.2) is 0 Å². The van der Waals surface area contributed by atoms with Gasteiger partial charge in [-0.25, -0.2) is 4.98 Å². The van der Waals surface area contributed by atoms with Crippen molar-refractivity contribution >= 4 is 27.2 Å². The number of benzene rings is 1. The number of nitrogens with zero attached hydrogens (tertiary/aromatic N) is 3. The second kappa shape index (κ2) is 6.83. The quantitative estimate of drug-likeness (QED) is 0.570. The lowest BCUT2D eigenvalue weighted by Gasteiger charge is -2.28. The van der Waals surface area contributed by atoms with Crippen LogP contribution in [-0.2, 0) is 11.2 Å². The van der Waals surface area contributed by atoms with Gasteiger partial charge in [0.2, 0.25) is 5.89 Å². The topological polar surface area (TPSA) is 67.2 Å². The van der Waals surface area contributed by atoms with Crippen molar-refractivity contribution in [2.75, 3.05) is 31.2 Å². The molecule has 0 unspecified atom stereocenters. The molecule has 0 aliphatic carbocycles. The van der Waals surface area contributed by atoms with Crippen LogP contribution in [-0.4, -0.2) is 41.5 Å². The van der Waals surface area contributed by atoms with Gasteiger partial charge in [0.05, 0.1) is 34.5 Å². The van der Waals surface area contributed by atoms with Crippen LogP contribution in [0.15, 0.2) is 40.9 Å². The number of fused-ring (bicyclic) bond motifs is 1. The fourth-order valence-electron chi connectivity index (χ4n) is 3.35. The van der Waals surface area contributed by atoms with Crippen LogP contribution in [0.1, 0.15) is 12.7 Å². The van der Waals surface area contributed by atoms with E-state index in [1.54, 1.807) is 17.5 Å². The number of H-pyrrole nitrogens is 1. The van der Waals surface area contributed by atoms with Gasteiger partial charge in [-0.15, -0.1) is 11.3 Å². The highest BCUT2D eigenvalue weighted by atomic mass is 32.1. The molecule has 138 valence electrons. The Labute approximate surface area is 160 Å². The Morgan fingerprint density at radius 1 is 1.19 bits per heavy atom. The van der Waals surface area contributed by atoms with Crippen molar-refractivity contribution in [2.24, 2.45) is 0 Å². The van der Waals surface area contributed by atoms with Crippen LogP contribution in [0, 0.1) is 0 Å². The summed E-state index contributed by atoms with van der Waals surface area (Å²) in [5.74, 6) is 1.58. The molecule has 6 nitrogen and oxygen atoms in total. The van der Waals surface area contributed by atoms with Crippen LogP contribution in [0.25, 0.3) is 32.2 Å². The van der Waals surface area contributed by atoms with Gasteiger partial charge in [0.1, 0.15) is 11.5 Å². The summed E-state index contributed by atoms with van der Waals surface area (Å²) in [6.07, 6.45) is 2.64. The van der Waals surface area contributed by atoms with Crippen LogP contribution in [0.5, 0.6) is 0 Å². The van der Waals surface area contributed by atoms with Gasteiger partial charge < -0.3 is 14.1 Å². The number of hydrogen-bond acceptors (Lipinski definition) is 6. The molecule has 1 aliphatic heterocycles.